The number of aliphatic hydroxyl groups excluding tert-OH is 1. The average molecular weight is 200 g/mol. The summed E-state index contributed by atoms with van der Waals surface area (Å²) in [5.41, 5.74) is 0. The first kappa shape index (κ1) is 12.0. The Bertz CT molecular complexity index is 177. The molecule has 14 heavy (non-hydrogen) atoms. The SMILES string of the molecule is CC(C)[C@@H]1O[C@H](CO)[C@@H](C)[C@H](C)[C@H]1C. The van der Waals surface area contributed by atoms with Gasteiger partial charge in [-0.2, -0.15) is 0 Å². The van der Waals surface area contributed by atoms with Gasteiger partial charge in [0.05, 0.1) is 18.8 Å². The maximum absolute atomic E-state index is 9.24. The summed E-state index contributed by atoms with van der Waals surface area (Å²) in [4.78, 5) is 0. The predicted molar refractivity (Wildman–Crippen MR) is 58.1 cm³/mol. The molecule has 0 bridgehead atoms. The van der Waals surface area contributed by atoms with Gasteiger partial charge in [0.15, 0.2) is 0 Å². The van der Waals surface area contributed by atoms with E-state index >= 15 is 0 Å². The number of hydrogen-bond donors (Lipinski definition) is 1. The average Bonchev–Trinajstić information content (AvgIpc) is 2.14. The minimum atomic E-state index is 0.0357. The van der Waals surface area contributed by atoms with Gasteiger partial charge in [-0.25, -0.2) is 0 Å². The summed E-state index contributed by atoms with van der Waals surface area (Å²) >= 11 is 0. The molecule has 1 fully saturated rings. The van der Waals surface area contributed by atoms with Crippen LogP contribution in [0.15, 0.2) is 0 Å². The Morgan fingerprint density at radius 2 is 1.64 bits per heavy atom. The number of hydrogen-bond acceptors (Lipinski definition) is 2. The minimum absolute atomic E-state index is 0.0357. The van der Waals surface area contributed by atoms with Gasteiger partial charge in [-0.3, -0.25) is 0 Å². The molecule has 1 N–H and O–H groups in total. The zero-order valence-electron chi connectivity index (χ0n) is 10.0. The minimum Gasteiger partial charge on any atom is -0.394 e. The van der Waals surface area contributed by atoms with Crippen molar-refractivity contribution in [2.24, 2.45) is 23.7 Å². The first-order chi connectivity index (χ1) is 6.49. The maximum atomic E-state index is 9.24. The van der Waals surface area contributed by atoms with Gasteiger partial charge in [0.2, 0.25) is 0 Å². The van der Waals surface area contributed by atoms with Gasteiger partial charge >= 0.3 is 0 Å². The lowest BCUT2D eigenvalue weighted by molar-refractivity contribution is -0.162. The molecule has 5 atom stereocenters. The molecule has 1 heterocycles. The fourth-order valence-corrected chi connectivity index (χ4v) is 2.54. The van der Waals surface area contributed by atoms with E-state index in [2.05, 4.69) is 34.6 Å². The molecule has 0 unspecified atom stereocenters. The molecule has 0 amide bonds. The molecule has 0 spiro atoms. The highest BCUT2D eigenvalue weighted by Gasteiger charge is 2.39. The van der Waals surface area contributed by atoms with E-state index in [4.69, 9.17) is 4.74 Å². The molecular weight excluding hydrogens is 176 g/mol. The number of aliphatic hydroxyl groups is 1. The van der Waals surface area contributed by atoms with Crippen LogP contribution in [0.1, 0.15) is 34.6 Å². The van der Waals surface area contributed by atoms with Gasteiger partial charge in [-0.1, -0.05) is 34.6 Å². The Hall–Kier alpha value is -0.0800. The highest BCUT2D eigenvalue weighted by atomic mass is 16.5. The summed E-state index contributed by atoms with van der Waals surface area (Å²) in [6.45, 7) is 11.3. The Morgan fingerprint density at radius 1 is 1.07 bits per heavy atom. The summed E-state index contributed by atoms with van der Waals surface area (Å²) in [5.74, 6) is 2.22. The predicted octanol–water partition coefficient (Wildman–Crippen LogP) is 2.31. The third-order valence-electron chi connectivity index (χ3n) is 3.93. The molecule has 2 nitrogen and oxygen atoms in total. The van der Waals surface area contributed by atoms with Crippen molar-refractivity contribution in [3.8, 4) is 0 Å². The zero-order valence-corrected chi connectivity index (χ0v) is 10.0. The zero-order chi connectivity index (χ0) is 10.9. The molecule has 0 aromatic carbocycles. The highest BCUT2D eigenvalue weighted by molar-refractivity contribution is 4.86. The summed E-state index contributed by atoms with van der Waals surface area (Å²) in [5, 5.41) is 9.24. The molecule has 1 aliphatic heterocycles. The first-order valence-corrected chi connectivity index (χ1v) is 5.75. The molecule has 1 saturated heterocycles. The van der Waals surface area contributed by atoms with E-state index in [9.17, 15) is 5.11 Å². The summed E-state index contributed by atoms with van der Waals surface area (Å²) in [6, 6.07) is 0. The number of ether oxygens (including phenoxy) is 1. The molecular formula is C12H24O2. The molecule has 2 heteroatoms. The van der Waals surface area contributed by atoms with E-state index in [1.807, 2.05) is 0 Å². The summed E-state index contributed by atoms with van der Waals surface area (Å²) in [6.07, 6.45) is 0.340. The summed E-state index contributed by atoms with van der Waals surface area (Å²) < 4.78 is 5.94. The molecule has 0 aromatic heterocycles. The van der Waals surface area contributed by atoms with Crippen molar-refractivity contribution in [2.45, 2.75) is 46.8 Å². The molecule has 0 aromatic rings. The van der Waals surface area contributed by atoms with Crippen molar-refractivity contribution in [1.82, 2.24) is 0 Å². The van der Waals surface area contributed by atoms with Crippen molar-refractivity contribution in [2.75, 3.05) is 6.61 Å². The third kappa shape index (κ3) is 2.12. The van der Waals surface area contributed by atoms with E-state index in [0.29, 0.717) is 29.8 Å². The lowest BCUT2D eigenvalue weighted by Crippen LogP contribution is -2.48. The van der Waals surface area contributed by atoms with Crippen LogP contribution in [0.5, 0.6) is 0 Å². The first-order valence-electron chi connectivity index (χ1n) is 5.75. The van der Waals surface area contributed by atoms with Crippen molar-refractivity contribution in [1.29, 1.82) is 0 Å². The van der Waals surface area contributed by atoms with E-state index in [1.54, 1.807) is 0 Å². The quantitative estimate of drug-likeness (QED) is 0.741. The van der Waals surface area contributed by atoms with E-state index in [0.717, 1.165) is 0 Å². The van der Waals surface area contributed by atoms with Crippen LogP contribution in [0.3, 0.4) is 0 Å². The van der Waals surface area contributed by atoms with Crippen LogP contribution in [0, 0.1) is 23.7 Å². The van der Waals surface area contributed by atoms with Gasteiger partial charge in [0.25, 0.3) is 0 Å². The van der Waals surface area contributed by atoms with Gasteiger partial charge in [-0.05, 0) is 23.7 Å². The monoisotopic (exact) mass is 200 g/mol. The van der Waals surface area contributed by atoms with Crippen LogP contribution in [0.25, 0.3) is 0 Å². The fourth-order valence-electron chi connectivity index (χ4n) is 2.54. The van der Waals surface area contributed by atoms with Crippen molar-refractivity contribution in [3.05, 3.63) is 0 Å². The lowest BCUT2D eigenvalue weighted by atomic mass is 9.74. The van der Waals surface area contributed by atoms with Crippen molar-refractivity contribution < 1.29 is 9.84 Å². The standard InChI is InChI=1S/C12H24O2/c1-7(2)12-10(5)8(3)9(4)11(6-13)14-12/h7-13H,6H2,1-5H3/t8-,9-,10+,11+,12-/m0/s1. The second-order valence-electron chi connectivity index (χ2n) is 5.14. The molecule has 1 aliphatic rings. The smallest absolute Gasteiger partial charge is 0.0837 e. The van der Waals surface area contributed by atoms with Crippen LogP contribution in [-0.4, -0.2) is 23.9 Å². The molecule has 0 saturated carbocycles. The van der Waals surface area contributed by atoms with Crippen molar-refractivity contribution >= 4 is 0 Å². The van der Waals surface area contributed by atoms with Crippen LogP contribution in [0.2, 0.25) is 0 Å². The third-order valence-corrected chi connectivity index (χ3v) is 3.93. The van der Waals surface area contributed by atoms with Gasteiger partial charge < -0.3 is 9.84 Å². The summed E-state index contributed by atoms with van der Waals surface area (Å²) in [7, 11) is 0. The fraction of sp³-hybridized carbons (Fsp3) is 1.00. The van der Waals surface area contributed by atoms with Gasteiger partial charge in [0, 0.05) is 0 Å². The second-order valence-corrected chi connectivity index (χ2v) is 5.14. The van der Waals surface area contributed by atoms with Crippen LogP contribution < -0.4 is 0 Å². The Labute approximate surface area is 87.7 Å². The maximum Gasteiger partial charge on any atom is 0.0837 e. The van der Waals surface area contributed by atoms with Crippen LogP contribution in [-0.2, 0) is 4.74 Å². The molecule has 1 rings (SSSR count). The molecule has 0 radical (unpaired) electrons. The topological polar surface area (TPSA) is 29.5 Å². The Morgan fingerprint density at radius 3 is 2.07 bits per heavy atom. The van der Waals surface area contributed by atoms with Gasteiger partial charge in [0.1, 0.15) is 0 Å². The lowest BCUT2D eigenvalue weighted by Gasteiger charge is -2.44. The number of rotatable bonds is 2. The van der Waals surface area contributed by atoms with Crippen LogP contribution in [0.4, 0.5) is 0 Å². The van der Waals surface area contributed by atoms with E-state index in [1.165, 1.54) is 0 Å². The Kier molecular flexibility index (Phi) is 3.96. The second kappa shape index (κ2) is 4.63. The Balaban J connectivity index is 2.73. The highest BCUT2D eigenvalue weighted by Crippen LogP contribution is 2.37. The normalized spacial score (nSPS) is 44.4. The van der Waals surface area contributed by atoms with Gasteiger partial charge in [-0.15, -0.1) is 0 Å². The van der Waals surface area contributed by atoms with Crippen LogP contribution >= 0.6 is 0 Å². The van der Waals surface area contributed by atoms with Crippen molar-refractivity contribution in [3.63, 3.8) is 0 Å². The van der Waals surface area contributed by atoms with E-state index < -0.39 is 0 Å². The largest absolute Gasteiger partial charge is 0.394 e. The van der Waals surface area contributed by atoms with E-state index in [-0.39, 0.29) is 12.7 Å². The molecule has 0 aliphatic carbocycles. The molecule has 84 valence electrons.